The maximum atomic E-state index is 12.7. The smallest absolute Gasteiger partial charge is 0.314 e. The van der Waals surface area contributed by atoms with E-state index in [1.807, 2.05) is 60.6 Å². The van der Waals surface area contributed by atoms with Crippen LogP contribution in [0.15, 0.2) is 18.2 Å². The number of carbonyl (C=O) groups excluding carboxylic acids is 2. The first kappa shape index (κ1) is 31.7. The van der Waals surface area contributed by atoms with Gasteiger partial charge in [-0.1, -0.05) is 26.8 Å². The summed E-state index contributed by atoms with van der Waals surface area (Å²) in [5.74, 6) is 0.634. The Morgan fingerprint density at radius 2 is 1.58 bits per heavy atom. The van der Waals surface area contributed by atoms with Crippen molar-refractivity contribution >= 4 is 11.9 Å². The van der Waals surface area contributed by atoms with Crippen molar-refractivity contribution in [2.24, 2.45) is 10.8 Å². The lowest BCUT2D eigenvalue weighted by atomic mass is 9.69. The minimum atomic E-state index is -0.849. The summed E-state index contributed by atoms with van der Waals surface area (Å²) < 4.78 is 21.8. The van der Waals surface area contributed by atoms with Crippen molar-refractivity contribution in [2.75, 3.05) is 20.3 Å². The number of aromatic hydroxyl groups is 1. The Balaban J connectivity index is 0.000000420. The van der Waals surface area contributed by atoms with Gasteiger partial charge in [0.05, 0.1) is 31.2 Å². The second-order valence-electron chi connectivity index (χ2n) is 12.1. The first-order valence-electron chi connectivity index (χ1n) is 12.8. The van der Waals surface area contributed by atoms with Gasteiger partial charge in [-0.2, -0.15) is 0 Å². The van der Waals surface area contributed by atoms with Gasteiger partial charge in [-0.05, 0) is 91.3 Å². The van der Waals surface area contributed by atoms with Crippen LogP contribution in [0.1, 0.15) is 100.0 Å². The molecule has 1 aliphatic rings. The Morgan fingerprint density at radius 3 is 2.06 bits per heavy atom. The molecule has 1 aromatic rings. The molecule has 0 bridgehead atoms. The second kappa shape index (κ2) is 12.3. The molecular weight excluding hydrogens is 460 g/mol. The molecule has 2 rings (SSSR count). The lowest BCUT2D eigenvalue weighted by Crippen LogP contribution is -2.52. The average Bonchev–Trinajstić information content (AvgIpc) is 2.77. The van der Waals surface area contributed by atoms with E-state index >= 15 is 0 Å². The van der Waals surface area contributed by atoms with E-state index in [4.69, 9.17) is 18.9 Å². The highest BCUT2D eigenvalue weighted by atomic mass is 16.6. The molecule has 36 heavy (non-hydrogen) atoms. The van der Waals surface area contributed by atoms with Crippen molar-refractivity contribution in [1.82, 2.24) is 0 Å². The summed E-state index contributed by atoms with van der Waals surface area (Å²) in [5, 5.41) is 9.36. The van der Waals surface area contributed by atoms with Gasteiger partial charge in [0.2, 0.25) is 0 Å². The van der Waals surface area contributed by atoms with Crippen molar-refractivity contribution in [2.45, 2.75) is 106 Å². The van der Waals surface area contributed by atoms with E-state index in [-0.39, 0.29) is 30.9 Å². The zero-order valence-electron chi connectivity index (χ0n) is 24.2. The number of phenols is 1. The summed E-state index contributed by atoms with van der Waals surface area (Å²) in [5.41, 5.74) is -1.59. The van der Waals surface area contributed by atoms with Gasteiger partial charge < -0.3 is 24.1 Å². The van der Waals surface area contributed by atoms with Crippen molar-refractivity contribution in [3.63, 3.8) is 0 Å². The molecule has 7 nitrogen and oxygen atoms in total. The van der Waals surface area contributed by atoms with E-state index in [1.54, 1.807) is 20.1 Å². The molecule has 0 aliphatic carbocycles. The molecule has 1 heterocycles. The van der Waals surface area contributed by atoms with E-state index in [0.717, 1.165) is 6.42 Å². The highest BCUT2D eigenvalue weighted by molar-refractivity contribution is 5.82. The molecule has 1 saturated heterocycles. The highest BCUT2D eigenvalue weighted by Gasteiger charge is 2.53. The average molecular weight is 509 g/mol. The van der Waals surface area contributed by atoms with Gasteiger partial charge >= 0.3 is 11.9 Å². The molecule has 1 N–H and O–H groups in total. The molecule has 1 aliphatic heterocycles. The van der Waals surface area contributed by atoms with Crippen LogP contribution in [-0.2, 0) is 23.8 Å². The van der Waals surface area contributed by atoms with E-state index in [2.05, 4.69) is 13.8 Å². The van der Waals surface area contributed by atoms with Crippen molar-refractivity contribution in [3.05, 3.63) is 23.8 Å². The molecule has 1 aromatic carbocycles. The third-order valence-electron chi connectivity index (χ3n) is 6.31. The van der Waals surface area contributed by atoms with Gasteiger partial charge in [-0.3, -0.25) is 9.59 Å². The number of ether oxygens (including phenoxy) is 4. The molecule has 3 atom stereocenters. The minimum Gasteiger partial charge on any atom is -0.504 e. The van der Waals surface area contributed by atoms with Gasteiger partial charge in [-0.15, -0.1) is 0 Å². The van der Waals surface area contributed by atoms with E-state index in [0.29, 0.717) is 24.5 Å². The van der Waals surface area contributed by atoms with Gasteiger partial charge in [0.1, 0.15) is 11.2 Å². The molecule has 0 saturated carbocycles. The molecule has 206 valence electrons. The van der Waals surface area contributed by atoms with Crippen LogP contribution in [0.25, 0.3) is 0 Å². The number of rotatable bonds is 6. The zero-order chi connectivity index (χ0) is 27.9. The van der Waals surface area contributed by atoms with Gasteiger partial charge in [0.25, 0.3) is 0 Å². The van der Waals surface area contributed by atoms with Crippen LogP contribution in [0.4, 0.5) is 0 Å². The molecular formula is C29H48O7. The topological polar surface area (TPSA) is 91.3 Å². The summed E-state index contributed by atoms with van der Waals surface area (Å²) >= 11 is 0. The lowest BCUT2D eigenvalue weighted by molar-refractivity contribution is -0.195. The van der Waals surface area contributed by atoms with Crippen LogP contribution in [-0.4, -0.2) is 48.6 Å². The molecule has 0 amide bonds. The minimum absolute atomic E-state index is 0.203. The quantitative estimate of drug-likeness (QED) is 0.444. The number of hydrogen-bond acceptors (Lipinski definition) is 7. The number of carbonyl (C=O) groups is 2. The Hall–Kier alpha value is -2.28. The van der Waals surface area contributed by atoms with Gasteiger partial charge in [0.15, 0.2) is 11.5 Å². The zero-order valence-corrected chi connectivity index (χ0v) is 24.2. The van der Waals surface area contributed by atoms with Crippen molar-refractivity contribution in [1.29, 1.82) is 0 Å². The number of esters is 2. The van der Waals surface area contributed by atoms with E-state index < -0.39 is 22.0 Å². The molecule has 1 fully saturated rings. The largest absolute Gasteiger partial charge is 0.504 e. The first-order valence-corrected chi connectivity index (χ1v) is 12.8. The highest BCUT2D eigenvalue weighted by Crippen LogP contribution is 2.44. The fourth-order valence-electron chi connectivity index (χ4n) is 3.98. The molecule has 7 heteroatoms. The maximum absolute atomic E-state index is 12.7. The second-order valence-corrected chi connectivity index (χ2v) is 12.1. The number of phenolic OH excluding ortho intramolecular Hbond substituents is 1. The van der Waals surface area contributed by atoms with Crippen LogP contribution in [0, 0.1) is 10.8 Å². The van der Waals surface area contributed by atoms with Crippen LogP contribution < -0.4 is 4.74 Å². The Labute approximate surface area is 217 Å². The Bertz CT molecular complexity index is 881. The van der Waals surface area contributed by atoms with E-state index in [9.17, 15) is 14.7 Å². The fraction of sp³-hybridized carbons (Fsp3) is 0.724. The number of methoxy groups -OCH3 is 1. The van der Waals surface area contributed by atoms with E-state index in [1.165, 1.54) is 5.56 Å². The summed E-state index contributed by atoms with van der Waals surface area (Å²) in [4.78, 5) is 25.3. The predicted octanol–water partition coefficient (Wildman–Crippen LogP) is 6.41. The van der Waals surface area contributed by atoms with Gasteiger partial charge in [0, 0.05) is 0 Å². The maximum Gasteiger partial charge on any atom is 0.314 e. The molecule has 0 spiro atoms. The molecule has 0 aromatic heterocycles. The first-order chi connectivity index (χ1) is 16.4. The SMILES string of the molecule is CCC(C)c1ccc(O)c(OC)c1.CCC1(C(=O)OC(C)(C)C)COCC(C)(C(=O)OC(C)(C)C)C1. The normalized spacial score (nSPS) is 23.1. The predicted molar refractivity (Wildman–Crippen MR) is 141 cm³/mol. The monoisotopic (exact) mass is 508 g/mol. The summed E-state index contributed by atoms with van der Waals surface area (Å²) in [6.45, 7) is 19.6. The van der Waals surface area contributed by atoms with Crippen molar-refractivity contribution in [3.8, 4) is 11.5 Å². The lowest BCUT2D eigenvalue weighted by Gasteiger charge is -2.44. The molecule has 0 radical (unpaired) electrons. The van der Waals surface area contributed by atoms with Crippen molar-refractivity contribution < 1.29 is 33.6 Å². The Kier molecular flexibility index (Phi) is 10.9. The summed E-state index contributed by atoms with van der Waals surface area (Å²) in [6.07, 6.45) is 2.02. The third-order valence-corrected chi connectivity index (χ3v) is 6.31. The fourth-order valence-corrected chi connectivity index (χ4v) is 3.98. The van der Waals surface area contributed by atoms with Crippen LogP contribution in [0.5, 0.6) is 11.5 Å². The molecule has 3 unspecified atom stereocenters. The number of benzene rings is 1. The standard InChI is InChI=1S/C18H32O5.C11H16O2/c1-9-18(14(20)23-16(5,6)7)10-17(8,11-21-12-18)13(19)22-15(2,3)4;1-4-8(2)9-5-6-10(12)11(7-9)13-3/h9-12H2,1-8H3;5-8,12H,4H2,1-3H3. The Morgan fingerprint density at radius 1 is 1.03 bits per heavy atom. The van der Waals surface area contributed by atoms with Crippen LogP contribution in [0.3, 0.4) is 0 Å². The number of hydrogen-bond donors (Lipinski definition) is 1. The van der Waals surface area contributed by atoms with Crippen LogP contribution >= 0.6 is 0 Å². The summed E-state index contributed by atoms with van der Waals surface area (Å²) in [7, 11) is 1.56. The summed E-state index contributed by atoms with van der Waals surface area (Å²) in [6, 6.07) is 5.51. The van der Waals surface area contributed by atoms with Gasteiger partial charge in [-0.25, -0.2) is 0 Å². The third kappa shape index (κ3) is 8.99. The van der Waals surface area contributed by atoms with Crippen LogP contribution in [0.2, 0.25) is 0 Å².